The van der Waals surface area contributed by atoms with Crippen LogP contribution in [-0.4, -0.2) is 9.97 Å². The lowest BCUT2D eigenvalue weighted by atomic mass is 10.1. The van der Waals surface area contributed by atoms with Crippen molar-refractivity contribution >= 4 is 22.9 Å². The van der Waals surface area contributed by atoms with E-state index >= 15 is 0 Å². The molecule has 0 amide bonds. The summed E-state index contributed by atoms with van der Waals surface area (Å²) in [5.41, 5.74) is -0.557. The number of aromatic nitrogens is 1. The minimum atomic E-state index is -4.58. The van der Waals surface area contributed by atoms with Crippen LogP contribution in [0.25, 0.3) is 0 Å². The quantitative estimate of drug-likeness (QED) is 0.831. The molecule has 2 aromatic rings. The lowest BCUT2D eigenvalue weighted by Gasteiger charge is -2.12. The minimum Gasteiger partial charge on any atom is -0.367 e. The Balaban J connectivity index is 2.31. The Hall–Kier alpha value is -2.33. The van der Waals surface area contributed by atoms with Gasteiger partial charge in [0.05, 0.1) is 17.2 Å². The molecule has 0 spiro atoms. The third-order valence-electron chi connectivity index (χ3n) is 2.56. The maximum absolute atomic E-state index is 12.8. The highest BCUT2D eigenvalue weighted by Gasteiger charge is 2.33. The highest BCUT2D eigenvalue weighted by atomic mass is 32.1. The first-order chi connectivity index (χ1) is 9.41. The molecule has 0 saturated heterocycles. The van der Waals surface area contributed by atoms with Crippen molar-refractivity contribution in [2.24, 2.45) is 0 Å². The maximum Gasteiger partial charge on any atom is 0.417 e. The summed E-state index contributed by atoms with van der Waals surface area (Å²) >= 11 is 5.08. The zero-order valence-electron chi connectivity index (χ0n) is 9.95. The van der Waals surface area contributed by atoms with Crippen LogP contribution in [0.4, 0.5) is 18.9 Å². The van der Waals surface area contributed by atoms with E-state index in [1.165, 1.54) is 12.1 Å². The average molecular weight is 295 g/mol. The molecule has 2 rings (SSSR count). The fourth-order valence-electron chi connectivity index (χ4n) is 1.62. The smallest absolute Gasteiger partial charge is 0.367 e. The van der Waals surface area contributed by atoms with Gasteiger partial charge in [-0.2, -0.15) is 18.4 Å². The molecule has 0 saturated carbocycles. The van der Waals surface area contributed by atoms with Gasteiger partial charge in [0.1, 0.15) is 4.99 Å². The fourth-order valence-corrected chi connectivity index (χ4v) is 1.87. The molecule has 0 fully saturated rings. The number of aromatic amines is 1. The van der Waals surface area contributed by atoms with Crippen LogP contribution in [0.5, 0.6) is 0 Å². The van der Waals surface area contributed by atoms with Gasteiger partial charge >= 0.3 is 6.18 Å². The van der Waals surface area contributed by atoms with Gasteiger partial charge in [0.2, 0.25) is 0 Å². The summed E-state index contributed by atoms with van der Waals surface area (Å²) in [6, 6.07) is 6.59. The number of hydrogen-bond donors (Lipinski definition) is 2. The number of nitriles is 1. The molecule has 1 aromatic heterocycles. The highest BCUT2D eigenvalue weighted by molar-refractivity contribution is 7.81. The summed E-state index contributed by atoms with van der Waals surface area (Å²) in [6.07, 6.45) is -1.30. The zero-order valence-corrected chi connectivity index (χ0v) is 10.8. The maximum atomic E-state index is 12.8. The van der Waals surface area contributed by atoms with E-state index in [0.29, 0.717) is 10.6 Å². The lowest BCUT2D eigenvalue weighted by molar-refractivity contribution is -0.137. The van der Waals surface area contributed by atoms with Gasteiger partial charge in [-0.05, 0) is 24.3 Å². The number of H-pyrrole nitrogens is 1. The molecular weight excluding hydrogens is 287 g/mol. The van der Waals surface area contributed by atoms with Gasteiger partial charge in [-0.25, -0.2) is 0 Å². The van der Waals surface area contributed by atoms with E-state index in [1.807, 2.05) is 0 Å². The highest BCUT2D eigenvalue weighted by Crippen LogP contribution is 2.33. The SMILES string of the molecule is N#Cc1ccc(NC(=S)c2cc[nH]c2)cc1C(F)(F)F. The van der Waals surface area contributed by atoms with Gasteiger partial charge < -0.3 is 10.3 Å². The molecule has 0 atom stereocenters. The molecule has 20 heavy (non-hydrogen) atoms. The summed E-state index contributed by atoms with van der Waals surface area (Å²) < 4.78 is 38.4. The third kappa shape index (κ3) is 2.97. The summed E-state index contributed by atoms with van der Waals surface area (Å²) in [7, 11) is 0. The number of thiocarbonyl (C=S) groups is 1. The third-order valence-corrected chi connectivity index (χ3v) is 2.90. The van der Waals surface area contributed by atoms with Crippen molar-refractivity contribution in [3.63, 3.8) is 0 Å². The molecule has 1 aromatic carbocycles. The minimum absolute atomic E-state index is 0.183. The Bertz CT molecular complexity index is 669. The van der Waals surface area contributed by atoms with Crippen molar-refractivity contribution in [1.82, 2.24) is 4.98 Å². The van der Waals surface area contributed by atoms with Crippen LogP contribution >= 0.6 is 12.2 Å². The Morgan fingerprint density at radius 1 is 1.30 bits per heavy atom. The van der Waals surface area contributed by atoms with Gasteiger partial charge in [0.25, 0.3) is 0 Å². The van der Waals surface area contributed by atoms with Crippen molar-refractivity contribution in [1.29, 1.82) is 5.26 Å². The first kappa shape index (κ1) is 14.1. The largest absolute Gasteiger partial charge is 0.417 e. The van der Waals surface area contributed by atoms with Crippen LogP contribution < -0.4 is 5.32 Å². The van der Waals surface area contributed by atoms with E-state index in [1.54, 1.807) is 18.5 Å². The second-order valence-corrected chi connectivity index (χ2v) is 4.33. The van der Waals surface area contributed by atoms with Crippen molar-refractivity contribution in [2.45, 2.75) is 6.18 Å². The molecule has 0 aliphatic heterocycles. The van der Waals surface area contributed by atoms with Crippen LogP contribution in [0.3, 0.4) is 0 Å². The number of nitrogens with one attached hydrogen (secondary N) is 2. The van der Waals surface area contributed by atoms with E-state index in [9.17, 15) is 13.2 Å². The Kier molecular flexibility index (Phi) is 3.77. The molecular formula is C13H8F3N3S. The summed E-state index contributed by atoms with van der Waals surface area (Å²) in [5.74, 6) is 0. The second kappa shape index (κ2) is 5.35. The average Bonchev–Trinajstić information content (AvgIpc) is 2.91. The van der Waals surface area contributed by atoms with Gasteiger partial charge in [-0.3, -0.25) is 0 Å². The van der Waals surface area contributed by atoms with E-state index in [0.717, 1.165) is 12.1 Å². The van der Waals surface area contributed by atoms with Crippen LogP contribution in [-0.2, 0) is 6.18 Å². The van der Waals surface area contributed by atoms with E-state index in [-0.39, 0.29) is 5.69 Å². The van der Waals surface area contributed by atoms with Crippen molar-refractivity contribution in [3.05, 3.63) is 53.3 Å². The van der Waals surface area contributed by atoms with Crippen molar-refractivity contribution in [2.75, 3.05) is 5.32 Å². The zero-order chi connectivity index (χ0) is 14.8. The Labute approximate surface area is 118 Å². The lowest BCUT2D eigenvalue weighted by Crippen LogP contribution is -2.12. The number of alkyl halides is 3. The molecule has 3 nitrogen and oxygen atoms in total. The van der Waals surface area contributed by atoms with E-state index < -0.39 is 17.3 Å². The van der Waals surface area contributed by atoms with Gasteiger partial charge in [-0.15, -0.1) is 0 Å². The van der Waals surface area contributed by atoms with Crippen molar-refractivity contribution < 1.29 is 13.2 Å². The number of hydrogen-bond acceptors (Lipinski definition) is 2. The number of halogens is 3. The normalized spacial score (nSPS) is 10.9. The molecule has 1 heterocycles. The standard InChI is InChI=1S/C13H8F3N3S/c14-13(15,16)11-5-10(2-1-8(11)6-17)19-12(20)9-3-4-18-7-9/h1-5,7,18H,(H,19,20). The van der Waals surface area contributed by atoms with Crippen LogP contribution in [0, 0.1) is 11.3 Å². The van der Waals surface area contributed by atoms with Crippen molar-refractivity contribution in [3.8, 4) is 6.07 Å². The monoisotopic (exact) mass is 295 g/mol. The first-order valence-electron chi connectivity index (χ1n) is 5.47. The first-order valence-corrected chi connectivity index (χ1v) is 5.88. The molecule has 0 radical (unpaired) electrons. The summed E-state index contributed by atoms with van der Waals surface area (Å²) in [5, 5.41) is 11.4. The topological polar surface area (TPSA) is 51.6 Å². The second-order valence-electron chi connectivity index (χ2n) is 3.92. The molecule has 0 unspecified atom stereocenters. The van der Waals surface area contributed by atoms with Crippen LogP contribution in [0.15, 0.2) is 36.7 Å². The van der Waals surface area contributed by atoms with Gasteiger partial charge in [0, 0.05) is 23.6 Å². The predicted molar refractivity (Wildman–Crippen MR) is 72.3 cm³/mol. The number of anilines is 1. The number of rotatable bonds is 2. The molecule has 0 aliphatic carbocycles. The van der Waals surface area contributed by atoms with Crippen LogP contribution in [0.2, 0.25) is 0 Å². The fraction of sp³-hybridized carbons (Fsp3) is 0.0769. The molecule has 2 N–H and O–H groups in total. The summed E-state index contributed by atoms with van der Waals surface area (Å²) in [4.78, 5) is 3.10. The summed E-state index contributed by atoms with van der Waals surface area (Å²) in [6.45, 7) is 0. The number of nitrogens with zero attached hydrogens (tertiary/aromatic N) is 1. The van der Waals surface area contributed by atoms with Gasteiger partial charge in [0.15, 0.2) is 0 Å². The van der Waals surface area contributed by atoms with E-state index in [4.69, 9.17) is 17.5 Å². The molecule has 7 heteroatoms. The van der Waals surface area contributed by atoms with Crippen LogP contribution in [0.1, 0.15) is 16.7 Å². The van der Waals surface area contributed by atoms with Gasteiger partial charge in [-0.1, -0.05) is 12.2 Å². The Morgan fingerprint density at radius 2 is 2.05 bits per heavy atom. The molecule has 0 aliphatic rings. The molecule has 0 bridgehead atoms. The number of benzene rings is 1. The predicted octanol–water partition coefficient (Wildman–Crippen LogP) is 3.69. The Morgan fingerprint density at radius 3 is 2.60 bits per heavy atom. The van der Waals surface area contributed by atoms with E-state index in [2.05, 4.69) is 10.3 Å². The molecule has 102 valence electrons.